The SMILES string of the molecule is COc1cc(C(=O)N2CCC3(CC2)CC(=O)c2cc(-c4ccccn4)ccc2O3)nc2c(OC)cccc12. The van der Waals surface area contributed by atoms with E-state index < -0.39 is 5.60 Å². The summed E-state index contributed by atoms with van der Waals surface area (Å²) in [5.74, 6) is 1.60. The van der Waals surface area contributed by atoms with Crippen molar-refractivity contribution in [1.82, 2.24) is 14.9 Å². The van der Waals surface area contributed by atoms with Crippen molar-refractivity contribution in [2.45, 2.75) is 24.9 Å². The number of rotatable bonds is 4. The van der Waals surface area contributed by atoms with E-state index in [4.69, 9.17) is 14.2 Å². The molecule has 6 rings (SSSR count). The van der Waals surface area contributed by atoms with Crippen LogP contribution in [0.25, 0.3) is 22.2 Å². The van der Waals surface area contributed by atoms with Gasteiger partial charge in [-0.3, -0.25) is 14.6 Å². The normalized spacial score (nSPS) is 16.2. The number of fused-ring (bicyclic) bond motifs is 2. The number of ketones is 1. The number of likely N-dealkylation sites (tertiary alicyclic amines) is 1. The van der Waals surface area contributed by atoms with Crippen LogP contribution >= 0.6 is 0 Å². The molecule has 0 atom stereocenters. The van der Waals surface area contributed by atoms with Gasteiger partial charge in [-0.25, -0.2) is 4.98 Å². The summed E-state index contributed by atoms with van der Waals surface area (Å²) in [7, 11) is 3.15. The number of Topliss-reactive ketones (excluding diaryl/α,β-unsaturated/α-hetero) is 1. The molecule has 192 valence electrons. The lowest BCUT2D eigenvalue weighted by Gasteiger charge is -2.44. The number of pyridine rings is 2. The molecular weight excluding hydrogens is 482 g/mol. The molecule has 1 amide bonds. The number of amides is 1. The number of nitrogens with zero attached hydrogens (tertiary/aromatic N) is 3. The van der Waals surface area contributed by atoms with Gasteiger partial charge in [-0.15, -0.1) is 0 Å². The van der Waals surface area contributed by atoms with Gasteiger partial charge in [0.2, 0.25) is 0 Å². The Kier molecular flexibility index (Phi) is 5.94. The Labute approximate surface area is 220 Å². The molecular formula is C30H27N3O5. The van der Waals surface area contributed by atoms with Gasteiger partial charge in [-0.1, -0.05) is 12.1 Å². The molecule has 0 N–H and O–H groups in total. The molecule has 38 heavy (non-hydrogen) atoms. The van der Waals surface area contributed by atoms with E-state index in [-0.39, 0.29) is 18.1 Å². The highest BCUT2D eigenvalue weighted by Gasteiger charge is 2.44. The first-order valence-corrected chi connectivity index (χ1v) is 12.6. The summed E-state index contributed by atoms with van der Waals surface area (Å²) in [6, 6.07) is 18.6. The molecule has 8 nitrogen and oxygen atoms in total. The van der Waals surface area contributed by atoms with Gasteiger partial charge in [0.15, 0.2) is 5.78 Å². The molecule has 2 aliphatic rings. The van der Waals surface area contributed by atoms with Crippen LogP contribution in [-0.2, 0) is 0 Å². The predicted molar refractivity (Wildman–Crippen MR) is 142 cm³/mol. The lowest BCUT2D eigenvalue weighted by atomic mass is 9.82. The average Bonchev–Trinajstić information content (AvgIpc) is 2.96. The third kappa shape index (κ3) is 4.12. The smallest absolute Gasteiger partial charge is 0.272 e. The first-order chi connectivity index (χ1) is 18.5. The van der Waals surface area contributed by atoms with Crippen LogP contribution < -0.4 is 14.2 Å². The molecule has 4 heterocycles. The van der Waals surface area contributed by atoms with Crippen molar-refractivity contribution in [1.29, 1.82) is 0 Å². The zero-order valence-corrected chi connectivity index (χ0v) is 21.3. The number of para-hydroxylation sites is 1. The Morgan fingerprint density at radius 1 is 0.974 bits per heavy atom. The number of piperidine rings is 1. The van der Waals surface area contributed by atoms with Gasteiger partial charge < -0.3 is 19.1 Å². The second-order valence-corrected chi connectivity index (χ2v) is 9.67. The molecule has 8 heteroatoms. The Morgan fingerprint density at radius 2 is 1.79 bits per heavy atom. The third-order valence-electron chi connectivity index (χ3n) is 7.44. The fourth-order valence-corrected chi connectivity index (χ4v) is 5.38. The summed E-state index contributed by atoms with van der Waals surface area (Å²) in [5.41, 5.74) is 2.53. The molecule has 1 saturated heterocycles. The van der Waals surface area contributed by atoms with Crippen LogP contribution in [0.4, 0.5) is 0 Å². The van der Waals surface area contributed by atoms with E-state index in [1.165, 1.54) is 0 Å². The summed E-state index contributed by atoms with van der Waals surface area (Å²) in [6.07, 6.45) is 3.13. The summed E-state index contributed by atoms with van der Waals surface area (Å²) >= 11 is 0. The van der Waals surface area contributed by atoms with Crippen LogP contribution in [0, 0.1) is 0 Å². The standard InChI is InChI=1S/C30H27N3O5/c1-36-26-8-5-6-20-27(37-2)17-23(32-28(20)26)29(35)33-14-11-30(12-15-33)18-24(34)21-16-19(9-10-25(21)38-30)22-7-3-4-13-31-22/h3-10,13,16-17H,11-12,14-15,18H2,1-2H3. The lowest BCUT2D eigenvalue weighted by molar-refractivity contribution is -0.00583. The van der Waals surface area contributed by atoms with E-state index in [0.29, 0.717) is 60.0 Å². The molecule has 1 spiro atoms. The number of ether oxygens (including phenoxy) is 3. The second kappa shape index (κ2) is 9.45. The largest absolute Gasteiger partial charge is 0.496 e. The number of methoxy groups -OCH3 is 2. The summed E-state index contributed by atoms with van der Waals surface area (Å²) in [4.78, 5) is 37.5. The highest BCUT2D eigenvalue weighted by Crippen LogP contribution is 2.41. The van der Waals surface area contributed by atoms with Gasteiger partial charge in [0, 0.05) is 49.1 Å². The van der Waals surface area contributed by atoms with Crippen LogP contribution in [0.5, 0.6) is 17.2 Å². The first-order valence-electron chi connectivity index (χ1n) is 12.6. The summed E-state index contributed by atoms with van der Waals surface area (Å²) < 4.78 is 17.5. The highest BCUT2D eigenvalue weighted by molar-refractivity contribution is 6.02. The van der Waals surface area contributed by atoms with E-state index in [0.717, 1.165) is 16.6 Å². The average molecular weight is 510 g/mol. The topological polar surface area (TPSA) is 90.9 Å². The molecule has 0 saturated carbocycles. The first kappa shape index (κ1) is 23.9. The lowest BCUT2D eigenvalue weighted by Crippen LogP contribution is -2.52. The molecule has 2 aliphatic heterocycles. The number of carbonyl (C=O) groups is 2. The number of carbonyl (C=O) groups excluding carboxylic acids is 2. The summed E-state index contributed by atoms with van der Waals surface area (Å²) in [5, 5.41) is 0.778. The maximum absolute atomic E-state index is 13.5. The molecule has 0 unspecified atom stereocenters. The van der Waals surface area contributed by atoms with Crippen molar-refractivity contribution in [2.75, 3.05) is 27.3 Å². The van der Waals surface area contributed by atoms with Crippen molar-refractivity contribution >= 4 is 22.6 Å². The number of benzene rings is 2. The second-order valence-electron chi connectivity index (χ2n) is 9.67. The van der Waals surface area contributed by atoms with Gasteiger partial charge in [-0.2, -0.15) is 0 Å². The van der Waals surface area contributed by atoms with Crippen molar-refractivity contribution in [3.05, 3.63) is 78.1 Å². The number of hydrogen-bond acceptors (Lipinski definition) is 7. The monoisotopic (exact) mass is 509 g/mol. The maximum atomic E-state index is 13.5. The van der Waals surface area contributed by atoms with Crippen molar-refractivity contribution in [3.63, 3.8) is 0 Å². The van der Waals surface area contributed by atoms with Crippen LogP contribution in [0.3, 0.4) is 0 Å². The van der Waals surface area contributed by atoms with Crippen molar-refractivity contribution in [2.24, 2.45) is 0 Å². The highest BCUT2D eigenvalue weighted by atomic mass is 16.5. The van der Waals surface area contributed by atoms with Crippen molar-refractivity contribution < 1.29 is 23.8 Å². The van der Waals surface area contributed by atoms with E-state index >= 15 is 0 Å². The zero-order chi connectivity index (χ0) is 26.3. The minimum atomic E-state index is -0.620. The van der Waals surface area contributed by atoms with E-state index in [1.54, 1.807) is 31.4 Å². The minimum Gasteiger partial charge on any atom is -0.496 e. The van der Waals surface area contributed by atoms with Gasteiger partial charge in [0.25, 0.3) is 5.91 Å². The Balaban J connectivity index is 1.21. The van der Waals surface area contributed by atoms with Gasteiger partial charge in [0.1, 0.15) is 34.1 Å². The Hall–Kier alpha value is -4.46. The quantitative estimate of drug-likeness (QED) is 0.384. The van der Waals surface area contributed by atoms with Crippen molar-refractivity contribution in [3.8, 4) is 28.5 Å². The van der Waals surface area contributed by atoms with Crippen LogP contribution in [0.1, 0.15) is 40.1 Å². The predicted octanol–water partition coefficient (Wildman–Crippen LogP) is 4.95. The number of hydrogen-bond donors (Lipinski definition) is 0. The van der Waals surface area contributed by atoms with Gasteiger partial charge in [-0.05, 0) is 42.5 Å². The maximum Gasteiger partial charge on any atom is 0.272 e. The molecule has 0 radical (unpaired) electrons. The zero-order valence-electron chi connectivity index (χ0n) is 21.3. The molecule has 1 fully saturated rings. The van der Waals surface area contributed by atoms with E-state index in [2.05, 4.69) is 9.97 Å². The molecule has 0 bridgehead atoms. The van der Waals surface area contributed by atoms with Crippen LogP contribution in [0.2, 0.25) is 0 Å². The van der Waals surface area contributed by atoms with Crippen LogP contribution in [-0.4, -0.2) is 59.5 Å². The molecule has 2 aromatic heterocycles. The molecule has 4 aromatic rings. The van der Waals surface area contributed by atoms with Gasteiger partial charge >= 0.3 is 0 Å². The minimum absolute atomic E-state index is 0.0526. The van der Waals surface area contributed by atoms with Gasteiger partial charge in [0.05, 0.1) is 31.9 Å². The van der Waals surface area contributed by atoms with Crippen LogP contribution in [0.15, 0.2) is 66.9 Å². The fraction of sp³-hybridized carbons (Fsp3) is 0.267. The van der Waals surface area contributed by atoms with E-state index in [9.17, 15) is 9.59 Å². The summed E-state index contributed by atoms with van der Waals surface area (Å²) in [6.45, 7) is 0.919. The Bertz CT molecular complexity index is 1540. The molecule has 0 aliphatic carbocycles. The number of aromatic nitrogens is 2. The third-order valence-corrected chi connectivity index (χ3v) is 7.44. The fourth-order valence-electron chi connectivity index (χ4n) is 5.38. The Morgan fingerprint density at radius 3 is 2.53 bits per heavy atom. The van der Waals surface area contributed by atoms with E-state index in [1.807, 2.05) is 54.6 Å². The molecule has 2 aromatic carbocycles.